The number of halogens is 2. The van der Waals surface area contributed by atoms with Gasteiger partial charge in [0.15, 0.2) is 0 Å². The molecule has 0 spiro atoms. The SMILES string of the molecule is CN(CC(=O)Nc1cc(F)cc(F)c1)CC(O)c1ccc(C#N)cc1. The maximum Gasteiger partial charge on any atom is 0.238 e. The number of nitrogens with zero attached hydrogens (tertiary/aromatic N) is 2. The fourth-order valence-corrected chi connectivity index (χ4v) is 2.32. The molecule has 0 radical (unpaired) electrons. The van der Waals surface area contributed by atoms with Crippen LogP contribution in [0.25, 0.3) is 0 Å². The van der Waals surface area contributed by atoms with Gasteiger partial charge in [-0.2, -0.15) is 5.26 Å². The summed E-state index contributed by atoms with van der Waals surface area (Å²) in [6.45, 7) is 0.113. The number of benzene rings is 2. The van der Waals surface area contributed by atoms with E-state index >= 15 is 0 Å². The number of nitrogens with one attached hydrogen (secondary N) is 1. The van der Waals surface area contributed by atoms with E-state index in [1.165, 1.54) is 0 Å². The Balaban J connectivity index is 1.88. The first-order valence-electron chi connectivity index (χ1n) is 7.50. The zero-order chi connectivity index (χ0) is 18.4. The summed E-state index contributed by atoms with van der Waals surface area (Å²) in [7, 11) is 1.64. The fourth-order valence-electron chi connectivity index (χ4n) is 2.32. The number of likely N-dealkylation sites (N-methyl/N-ethyl adjacent to an activating group) is 1. The number of nitriles is 1. The summed E-state index contributed by atoms with van der Waals surface area (Å²) in [6, 6.07) is 11.2. The van der Waals surface area contributed by atoms with Gasteiger partial charge in [-0.05, 0) is 36.9 Å². The molecule has 7 heteroatoms. The average Bonchev–Trinajstić information content (AvgIpc) is 2.53. The molecule has 1 atom stereocenters. The average molecular weight is 345 g/mol. The van der Waals surface area contributed by atoms with Gasteiger partial charge in [-0.1, -0.05) is 12.1 Å². The lowest BCUT2D eigenvalue weighted by molar-refractivity contribution is -0.117. The summed E-state index contributed by atoms with van der Waals surface area (Å²) in [5, 5.41) is 21.3. The van der Waals surface area contributed by atoms with Gasteiger partial charge in [0.25, 0.3) is 0 Å². The number of amides is 1. The number of anilines is 1. The Kier molecular flexibility index (Phi) is 6.17. The Morgan fingerprint density at radius 2 is 1.84 bits per heavy atom. The van der Waals surface area contributed by atoms with Crippen LogP contribution in [0.3, 0.4) is 0 Å². The molecule has 2 rings (SSSR count). The van der Waals surface area contributed by atoms with E-state index in [2.05, 4.69) is 5.32 Å². The van der Waals surface area contributed by atoms with Crippen molar-refractivity contribution in [1.29, 1.82) is 5.26 Å². The highest BCUT2D eigenvalue weighted by Gasteiger charge is 2.14. The van der Waals surface area contributed by atoms with E-state index in [9.17, 15) is 18.7 Å². The van der Waals surface area contributed by atoms with E-state index < -0.39 is 23.6 Å². The molecule has 130 valence electrons. The molecule has 1 amide bonds. The van der Waals surface area contributed by atoms with Gasteiger partial charge in [0.1, 0.15) is 11.6 Å². The number of aliphatic hydroxyl groups is 1. The van der Waals surface area contributed by atoms with Crippen LogP contribution in [0.4, 0.5) is 14.5 Å². The molecule has 0 aromatic heterocycles. The first-order valence-corrected chi connectivity index (χ1v) is 7.50. The number of carbonyl (C=O) groups is 1. The Morgan fingerprint density at radius 3 is 2.40 bits per heavy atom. The quantitative estimate of drug-likeness (QED) is 0.843. The smallest absolute Gasteiger partial charge is 0.238 e. The molecule has 2 aromatic carbocycles. The third-order valence-electron chi connectivity index (χ3n) is 3.47. The molecule has 5 nitrogen and oxygen atoms in total. The molecule has 0 saturated heterocycles. The molecule has 0 fully saturated rings. The van der Waals surface area contributed by atoms with Crippen LogP contribution in [0.15, 0.2) is 42.5 Å². The molecule has 1 unspecified atom stereocenters. The lowest BCUT2D eigenvalue weighted by Gasteiger charge is -2.20. The van der Waals surface area contributed by atoms with Crippen molar-refractivity contribution in [1.82, 2.24) is 4.90 Å². The molecule has 0 aliphatic heterocycles. The van der Waals surface area contributed by atoms with Crippen molar-refractivity contribution in [2.24, 2.45) is 0 Å². The summed E-state index contributed by atoms with van der Waals surface area (Å²) in [4.78, 5) is 13.5. The van der Waals surface area contributed by atoms with Crippen LogP contribution in [-0.4, -0.2) is 36.1 Å². The Morgan fingerprint density at radius 1 is 1.24 bits per heavy atom. The molecule has 25 heavy (non-hydrogen) atoms. The first kappa shape index (κ1) is 18.5. The minimum atomic E-state index is -0.836. The van der Waals surface area contributed by atoms with Crippen molar-refractivity contribution in [3.8, 4) is 6.07 Å². The normalized spacial score (nSPS) is 11.8. The van der Waals surface area contributed by atoms with Crippen molar-refractivity contribution < 1.29 is 18.7 Å². The largest absolute Gasteiger partial charge is 0.387 e. The van der Waals surface area contributed by atoms with Crippen molar-refractivity contribution in [3.05, 3.63) is 65.2 Å². The number of hydrogen-bond acceptors (Lipinski definition) is 4. The van der Waals surface area contributed by atoms with E-state index in [1.807, 2.05) is 6.07 Å². The lowest BCUT2D eigenvalue weighted by Crippen LogP contribution is -2.33. The summed E-state index contributed by atoms with van der Waals surface area (Å²) >= 11 is 0. The molecule has 0 heterocycles. The molecule has 0 aliphatic carbocycles. The van der Waals surface area contributed by atoms with Crippen molar-refractivity contribution in [3.63, 3.8) is 0 Å². The first-order chi connectivity index (χ1) is 11.9. The van der Waals surface area contributed by atoms with E-state index in [0.717, 1.165) is 18.2 Å². The second-order valence-corrected chi connectivity index (χ2v) is 5.65. The van der Waals surface area contributed by atoms with Crippen LogP contribution >= 0.6 is 0 Å². The Labute approximate surface area is 144 Å². The minimum Gasteiger partial charge on any atom is -0.387 e. The zero-order valence-corrected chi connectivity index (χ0v) is 13.5. The highest BCUT2D eigenvalue weighted by Crippen LogP contribution is 2.15. The summed E-state index contributed by atoms with van der Waals surface area (Å²) in [5.74, 6) is -2.01. The fraction of sp³-hybridized carbons (Fsp3) is 0.222. The topological polar surface area (TPSA) is 76.4 Å². The van der Waals surface area contributed by atoms with Crippen LogP contribution in [-0.2, 0) is 4.79 Å². The monoisotopic (exact) mass is 345 g/mol. The summed E-state index contributed by atoms with van der Waals surface area (Å²) < 4.78 is 26.2. The zero-order valence-electron chi connectivity index (χ0n) is 13.5. The second-order valence-electron chi connectivity index (χ2n) is 5.65. The third-order valence-corrected chi connectivity index (χ3v) is 3.47. The lowest BCUT2D eigenvalue weighted by atomic mass is 10.1. The molecular weight excluding hydrogens is 328 g/mol. The van der Waals surface area contributed by atoms with Crippen molar-refractivity contribution in [2.45, 2.75) is 6.10 Å². The molecule has 0 aliphatic rings. The van der Waals surface area contributed by atoms with Crippen molar-refractivity contribution in [2.75, 3.05) is 25.5 Å². The van der Waals surface area contributed by atoms with Crippen LogP contribution in [0.5, 0.6) is 0 Å². The number of rotatable bonds is 6. The standard InChI is InChI=1S/C18H17F2N3O2/c1-23(10-17(24)13-4-2-12(9-21)3-5-13)11-18(25)22-16-7-14(19)6-15(20)8-16/h2-8,17,24H,10-11H2,1H3,(H,22,25). The van der Waals surface area contributed by atoms with E-state index in [4.69, 9.17) is 5.26 Å². The van der Waals surface area contributed by atoms with E-state index in [0.29, 0.717) is 11.1 Å². The summed E-state index contributed by atoms with van der Waals surface area (Å²) in [5.41, 5.74) is 1.15. The maximum atomic E-state index is 13.1. The van der Waals surface area contributed by atoms with Crippen LogP contribution in [0.1, 0.15) is 17.2 Å². The van der Waals surface area contributed by atoms with Gasteiger partial charge >= 0.3 is 0 Å². The van der Waals surface area contributed by atoms with Crippen LogP contribution in [0, 0.1) is 23.0 Å². The van der Waals surface area contributed by atoms with E-state index in [1.54, 1.807) is 36.2 Å². The Bertz CT molecular complexity index is 768. The minimum absolute atomic E-state index is 0.0311. The van der Waals surface area contributed by atoms with Gasteiger partial charge in [-0.3, -0.25) is 9.69 Å². The van der Waals surface area contributed by atoms with Gasteiger partial charge in [0.2, 0.25) is 5.91 Å². The van der Waals surface area contributed by atoms with Gasteiger partial charge < -0.3 is 10.4 Å². The maximum absolute atomic E-state index is 13.1. The predicted octanol–water partition coefficient (Wildman–Crippen LogP) is 2.44. The van der Waals surface area contributed by atoms with Gasteiger partial charge in [-0.15, -0.1) is 0 Å². The molecule has 2 N–H and O–H groups in total. The highest BCUT2D eigenvalue weighted by atomic mass is 19.1. The van der Waals surface area contributed by atoms with Crippen molar-refractivity contribution >= 4 is 11.6 Å². The van der Waals surface area contributed by atoms with E-state index in [-0.39, 0.29) is 18.8 Å². The highest BCUT2D eigenvalue weighted by molar-refractivity contribution is 5.92. The molecular formula is C18H17F2N3O2. The van der Waals surface area contributed by atoms with Gasteiger partial charge in [0.05, 0.1) is 24.3 Å². The molecule has 0 bridgehead atoms. The van der Waals surface area contributed by atoms with Crippen LogP contribution < -0.4 is 5.32 Å². The predicted molar refractivity (Wildman–Crippen MR) is 88.6 cm³/mol. The molecule has 2 aromatic rings. The summed E-state index contributed by atoms with van der Waals surface area (Å²) in [6.07, 6.45) is -0.836. The van der Waals surface area contributed by atoms with Gasteiger partial charge in [0, 0.05) is 18.3 Å². The molecule has 0 saturated carbocycles. The third kappa shape index (κ3) is 5.64. The number of carbonyl (C=O) groups excluding carboxylic acids is 1. The second kappa shape index (κ2) is 8.33. The van der Waals surface area contributed by atoms with Gasteiger partial charge in [-0.25, -0.2) is 8.78 Å². The Hall–Kier alpha value is -2.82. The number of hydrogen-bond donors (Lipinski definition) is 2. The van der Waals surface area contributed by atoms with Crippen LogP contribution in [0.2, 0.25) is 0 Å². The number of aliphatic hydroxyl groups excluding tert-OH is 1.